The molecule has 1 fully saturated rings. The van der Waals surface area contributed by atoms with E-state index in [1.165, 1.54) is 0 Å². The molecule has 1 aliphatic rings. The number of hydrogen-bond acceptors (Lipinski definition) is 3. The molecule has 0 aromatic heterocycles. The van der Waals surface area contributed by atoms with Crippen LogP contribution in [0.4, 0.5) is 0 Å². The summed E-state index contributed by atoms with van der Waals surface area (Å²) >= 11 is 0. The van der Waals surface area contributed by atoms with Crippen LogP contribution >= 0.6 is 0 Å². The highest BCUT2D eigenvalue weighted by atomic mass is 16.5. The van der Waals surface area contributed by atoms with E-state index in [4.69, 9.17) is 4.74 Å². The molecule has 1 aliphatic heterocycles. The molecule has 110 valence electrons. The van der Waals surface area contributed by atoms with Gasteiger partial charge in [-0.1, -0.05) is 24.3 Å². The quantitative estimate of drug-likeness (QED) is 0.748. The van der Waals surface area contributed by atoms with Gasteiger partial charge in [0.15, 0.2) is 5.78 Å². The maximum atomic E-state index is 12.2. The Kier molecular flexibility index (Phi) is 5.74. The third kappa shape index (κ3) is 4.43. The zero-order valence-electron chi connectivity index (χ0n) is 12.6. The van der Waals surface area contributed by atoms with E-state index in [1.807, 2.05) is 31.2 Å². The molecule has 1 heterocycles. The summed E-state index contributed by atoms with van der Waals surface area (Å²) in [6.07, 6.45) is 2.90. The Labute approximate surface area is 121 Å². The summed E-state index contributed by atoms with van der Waals surface area (Å²) in [4.78, 5) is 14.5. The van der Waals surface area contributed by atoms with Crippen molar-refractivity contribution in [3.8, 4) is 0 Å². The fourth-order valence-electron chi connectivity index (χ4n) is 2.77. The van der Waals surface area contributed by atoms with E-state index in [1.54, 1.807) is 0 Å². The number of aryl methyl sites for hydroxylation is 1. The van der Waals surface area contributed by atoms with Crippen molar-refractivity contribution in [2.24, 2.45) is 5.92 Å². The van der Waals surface area contributed by atoms with E-state index in [0.29, 0.717) is 6.42 Å². The smallest absolute Gasteiger partial charge is 0.164 e. The molecule has 0 saturated carbocycles. The number of ketones is 1. The predicted molar refractivity (Wildman–Crippen MR) is 81.2 cm³/mol. The Morgan fingerprint density at radius 1 is 1.30 bits per heavy atom. The van der Waals surface area contributed by atoms with Crippen LogP contribution < -0.4 is 0 Å². The fraction of sp³-hybridized carbons (Fsp3) is 0.588. The molecule has 2 rings (SSSR count). The van der Waals surface area contributed by atoms with E-state index in [0.717, 1.165) is 56.2 Å². The number of Topliss-reactive ketones (excluding diaryl/α,β-unsaturated/α-hetero) is 1. The van der Waals surface area contributed by atoms with Crippen LogP contribution in [0.2, 0.25) is 0 Å². The number of nitrogens with zero attached hydrogens (tertiary/aromatic N) is 1. The minimum atomic E-state index is 0.252. The largest absolute Gasteiger partial charge is 0.381 e. The standard InChI is InChI=1S/C17H25NO2/c1-14-5-3-4-6-16(14)17(19)7-10-18(2)13-15-8-11-20-12-9-15/h3-6,15H,7-13H2,1-2H3. The molecule has 3 heteroatoms. The second kappa shape index (κ2) is 7.55. The van der Waals surface area contributed by atoms with Crippen LogP contribution in [0, 0.1) is 12.8 Å². The van der Waals surface area contributed by atoms with Gasteiger partial charge in [0, 0.05) is 38.3 Å². The molecule has 1 aromatic carbocycles. The Morgan fingerprint density at radius 2 is 2.00 bits per heavy atom. The number of rotatable bonds is 6. The van der Waals surface area contributed by atoms with Crippen molar-refractivity contribution in [1.29, 1.82) is 0 Å². The summed E-state index contributed by atoms with van der Waals surface area (Å²) in [7, 11) is 2.11. The summed E-state index contributed by atoms with van der Waals surface area (Å²) in [5.74, 6) is 0.976. The highest BCUT2D eigenvalue weighted by Gasteiger charge is 2.16. The number of ether oxygens (including phenoxy) is 1. The first-order valence-corrected chi connectivity index (χ1v) is 7.52. The van der Waals surface area contributed by atoms with Gasteiger partial charge in [0.2, 0.25) is 0 Å². The monoisotopic (exact) mass is 275 g/mol. The van der Waals surface area contributed by atoms with Crippen LogP contribution in [0.15, 0.2) is 24.3 Å². The SMILES string of the molecule is Cc1ccccc1C(=O)CCN(C)CC1CCOCC1. The van der Waals surface area contributed by atoms with Gasteiger partial charge in [-0.15, -0.1) is 0 Å². The first-order valence-electron chi connectivity index (χ1n) is 7.52. The van der Waals surface area contributed by atoms with Crippen molar-refractivity contribution in [3.63, 3.8) is 0 Å². The van der Waals surface area contributed by atoms with E-state index >= 15 is 0 Å². The molecule has 20 heavy (non-hydrogen) atoms. The van der Waals surface area contributed by atoms with Gasteiger partial charge in [-0.25, -0.2) is 0 Å². The van der Waals surface area contributed by atoms with E-state index < -0.39 is 0 Å². The fourth-order valence-corrected chi connectivity index (χ4v) is 2.77. The van der Waals surface area contributed by atoms with Gasteiger partial charge in [0.05, 0.1) is 0 Å². The third-order valence-corrected chi connectivity index (χ3v) is 4.08. The van der Waals surface area contributed by atoms with Crippen molar-refractivity contribution in [3.05, 3.63) is 35.4 Å². The minimum Gasteiger partial charge on any atom is -0.381 e. The van der Waals surface area contributed by atoms with Crippen LogP contribution in [0.3, 0.4) is 0 Å². The first-order chi connectivity index (χ1) is 9.66. The molecule has 0 unspecified atom stereocenters. The lowest BCUT2D eigenvalue weighted by molar-refractivity contribution is 0.0553. The minimum absolute atomic E-state index is 0.252. The van der Waals surface area contributed by atoms with Crippen LogP contribution in [0.5, 0.6) is 0 Å². The Hall–Kier alpha value is -1.19. The van der Waals surface area contributed by atoms with Crippen molar-refractivity contribution >= 4 is 5.78 Å². The van der Waals surface area contributed by atoms with Gasteiger partial charge in [-0.3, -0.25) is 4.79 Å². The van der Waals surface area contributed by atoms with Crippen LogP contribution in [-0.2, 0) is 4.74 Å². The van der Waals surface area contributed by atoms with Gasteiger partial charge in [0.1, 0.15) is 0 Å². The Bertz CT molecular complexity index is 438. The average Bonchev–Trinajstić information content (AvgIpc) is 2.46. The van der Waals surface area contributed by atoms with Crippen molar-refractivity contribution in [1.82, 2.24) is 4.90 Å². The number of hydrogen-bond donors (Lipinski definition) is 0. The second-order valence-electron chi connectivity index (χ2n) is 5.81. The predicted octanol–water partition coefficient (Wildman–Crippen LogP) is 2.93. The van der Waals surface area contributed by atoms with E-state index in [-0.39, 0.29) is 5.78 Å². The van der Waals surface area contributed by atoms with E-state index in [2.05, 4.69) is 11.9 Å². The van der Waals surface area contributed by atoms with Crippen LogP contribution in [0.1, 0.15) is 35.2 Å². The molecule has 0 N–H and O–H groups in total. The lowest BCUT2D eigenvalue weighted by Crippen LogP contribution is -2.31. The van der Waals surface area contributed by atoms with Gasteiger partial charge in [-0.2, -0.15) is 0 Å². The molecule has 1 saturated heterocycles. The molecule has 3 nitrogen and oxygen atoms in total. The summed E-state index contributed by atoms with van der Waals surface area (Å²) < 4.78 is 5.38. The van der Waals surface area contributed by atoms with Gasteiger partial charge < -0.3 is 9.64 Å². The summed E-state index contributed by atoms with van der Waals surface area (Å²) in [6, 6.07) is 7.84. The van der Waals surface area contributed by atoms with Gasteiger partial charge in [-0.05, 0) is 38.3 Å². The van der Waals surface area contributed by atoms with Crippen LogP contribution in [-0.4, -0.2) is 44.0 Å². The summed E-state index contributed by atoms with van der Waals surface area (Å²) in [5, 5.41) is 0. The Morgan fingerprint density at radius 3 is 2.70 bits per heavy atom. The molecule has 0 atom stereocenters. The molecule has 0 spiro atoms. The molecule has 1 aromatic rings. The molecule has 0 amide bonds. The van der Waals surface area contributed by atoms with Crippen molar-refractivity contribution < 1.29 is 9.53 Å². The molecule has 0 bridgehead atoms. The maximum Gasteiger partial charge on any atom is 0.164 e. The summed E-state index contributed by atoms with van der Waals surface area (Å²) in [6.45, 7) is 5.69. The first kappa shape index (κ1) is 15.2. The summed E-state index contributed by atoms with van der Waals surface area (Å²) in [5.41, 5.74) is 1.94. The highest BCUT2D eigenvalue weighted by Crippen LogP contribution is 2.16. The van der Waals surface area contributed by atoms with Gasteiger partial charge >= 0.3 is 0 Å². The molecule has 0 aliphatic carbocycles. The highest BCUT2D eigenvalue weighted by molar-refractivity contribution is 5.97. The number of carbonyl (C=O) groups is 1. The third-order valence-electron chi connectivity index (χ3n) is 4.08. The van der Waals surface area contributed by atoms with Crippen molar-refractivity contribution in [2.45, 2.75) is 26.2 Å². The van der Waals surface area contributed by atoms with E-state index in [9.17, 15) is 4.79 Å². The Balaban J connectivity index is 1.76. The molecule has 0 radical (unpaired) electrons. The van der Waals surface area contributed by atoms with Gasteiger partial charge in [0.25, 0.3) is 0 Å². The topological polar surface area (TPSA) is 29.5 Å². The average molecular weight is 275 g/mol. The zero-order valence-corrected chi connectivity index (χ0v) is 12.6. The zero-order chi connectivity index (χ0) is 14.4. The number of carbonyl (C=O) groups excluding carboxylic acids is 1. The maximum absolute atomic E-state index is 12.2. The lowest BCUT2D eigenvalue weighted by Gasteiger charge is -2.26. The van der Waals surface area contributed by atoms with Crippen molar-refractivity contribution in [2.75, 3.05) is 33.4 Å². The second-order valence-corrected chi connectivity index (χ2v) is 5.81. The number of benzene rings is 1. The van der Waals surface area contributed by atoms with Crippen LogP contribution in [0.25, 0.3) is 0 Å². The lowest BCUT2D eigenvalue weighted by atomic mass is 9.99. The molecular formula is C17H25NO2. The normalized spacial score (nSPS) is 16.6. The molecular weight excluding hydrogens is 250 g/mol.